The molecule has 2 aliphatic heterocycles. The first kappa shape index (κ1) is 20.7. The topological polar surface area (TPSA) is 54.0 Å². The van der Waals surface area contributed by atoms with Crippen molar-refractivity contribution in [2.75, 3.05) is 20.3 Å². The predicted octanol–water partition coefficient (Wildman–Crippen LogP) is 4.19. The summed E-state index contributed by atoms with van der Waals surface area (Å²) in [6.07, 6.45) is 5.44. The lowest BCUT2D eigenvalue weighted by molar-refractivity contribution is -0.232. The van der Waals surface area contributed by atoms with E-state index in [1.54, 1.807) is 7.11 Å². The summed E-state index contributed by atoms with van der Waals surface area (Å²) in [6, 6.07) is 17.6. The molecule has 2 aromatic rings. The number of hydrogen-bond donors (Lipinski definition) is 0. The van der Waals surface area contributed by atoms with Crippen LogP contribution in [0.15, 0.2) is 60.7 Å². The van der Waals surface area contributed by atoms with Gasteiger partial charge < -0.3 is 18.9 Å². The highest BCUT2D eigenvalue weighted by Crippen LogP contribution is 2.66. The molecule has 9 rings (SSSR count). The second-order valence-corrected chi connectivity index (χ2v) is 11.3. The fourth-order valence-electron chi connectivity index (χ4n) is 8.78. The van der Waals surface area contributed by atoms with Crippen LogP contribution >= 0.6 is 0 Å². The van der Waals surface area contributed by atoms with Crippen molar-refractivity contribution in [3.63, 3.8) is 0 Å². The molecule has 2 aromatic carbocycles. The minimum Gasteiger partial charge on any atom is -0.456 e. The Morgan fingerprint density at radius 1 is 1.03 bits per heavy atom. The van der Waals surface area contributed by atoms with Crippen LogP contribution in [0.2, 0.25) is 0 Å². The first-order valence-electron chi connectivity index (χ1n) is 13.0. The summed E-state index contributed by atoms with van der Waals surface area (Å²) in [5.41, 5.74) is 4.88. The number of esters is 1. The van der Waals surface area contributed by atoms with E-state index in [1.807, 2.05) is 0 Å². The number of ether oxygens (including phenoxy) is 4. The molecule has 8 atom stereocenters. The van der Waals surface area contributed by atoms with Crippen molar-refractivity contribution >= 4 is 5.97 Å². The van der Waals surface area contributed by atoms with Gasteiger partial charge in [-0.3, -0.25) is 4.79 Å². The molecule has 6 bridgehead atoms. The second kappa shape index (κ2) is 7.28. The Bertz CT molecular complexity index is 1190. The van der Waals surface area contributed by atoms with Crippen LogP contribution in [0.3, 0.4) is 0 Å². The molecule has 2 saturated heterocycles. The zero-order valence-electron chi connectivity index (χ0n) is 19.8. The van der Waals surface area contributed by atoms with Gasteiger partial charge in [-0.2, -0.15) is 0 Å². The number of carbonyl (C=O) groups excluding carboxylic acids is 1. The van der Waals surface area contributed by atoms with Gasteiger partial charge in [-0.25, -0.2) is 0 Å². The summed E-state index contributed by atoms with van der Waals surface area (Å²) < 4.78 is 25.2. The van der Waals surface area contributed by atoms with Crippen LogP contribution in [0, 0.1) is 29.6 Å². The largest absolute Gasteiger partial charge is 0.456 e. The molecule has 0 amide bonds. The summed E-state index contributed by atoms with van der Waals surface area (Å²) in [6.45, 7) is 1.07. The van der Waals surface area contributed by atoms with Crippen LogP contribution in [-0.4, -0.2) is 44.8 Å². The van der Waals surface area contributed by atoms with Gasteiger partial charge in [0.25, 0.3) is 0 Å². The minimum atomic E-state index is -0.522. The van der Waals surface area contributed by atoms with E-state index >= 15 is 0 Å². The Labute approximate surface area is 205 Å². The lowest BCUT2D eigenvalue weighted by Gasteiger charge is -2.61. The zero-order valence-corrected chi connectivity index (χ0v) is 19.8. The highest BCUT2D eigenvalue weighted by Gasteiger charge is 2.68. The average Bonchev–Trinajstić information content (AvgIpc) is 3.64. The van der Waals surface area contributed by atoms with E-state index in [1.165, 1.54) is 22.3 Å². The van der Waals surface area contributed by atoms with Crippen molar-refractivity contribution < 1.29 is 23.7 Å². The molecule has 180 valence electrons. The molecule has 0 spiro atoms. The van der Waals surface area contributed by atoms with Crippen molar-refractivity contribution in [2.45, 2.75) is 42.7 Å². The van der Waals surface area contributed by atoms with E-state index in [0.717, 1.165) is 12.8 Å². The summed E-state index contributed by atoms with van der Waals surface area (Å²) in [5, 5.41) is 0. The molecule has 0 radical (unpaired) electrons. The van der Waals surface area contributed by atoms with Crippen molar-refractivity contribution in [1.82, 2.24) is 0 Å². The standard InChI is InChI=1S/C30H30O5/c1-32-15-30-21-8-4-2-6-18(21)24(19-7-3-5-9-22(19)30)25-23-14-33-29(34-23)27(26(25)30)35-28(31)20-13-16-10-11-17(20)12-16/h2-11,16-17,20,23-27,29H,12-15H2,1H3/t16-,17+,20-,23-,24?,25+,26-,27+,29-,30?/m1/s1. The van der Waals surface area contributed by atoms with Crippen LogP contribution in [0.4, 0.5) is 0 Å². The summed E-state index contributed by atoms with van der Waals surface area (Å²) in [5.74, 6) is 1.06. The lowest BCUT2D eigenvalue weighted by Crippen LogP contribution is -2.65. The molecule has 5 heteroatoms. The number of fused-ring (bicyclic) bond motifs is 4. The molecule has 5 aliphatic carbocycles. The van der Waals surface area contributed by atoms with E-state index in [-0.39, 0.29) is 35.7 Å². The number of hydrogen-bond acceptors (Lipinski definition) is 5. The fourth-order valence-corrected chi connectivity index (χ4v) is 8.78. The maximum Gasteiger partial charge on any atom is 0.310 e. The van der Waals surface area contributed by atoms with Crippen LogP contribution in [-0.2, 0) is 29.2 Å². The first-order chi connectivity index (χ1) is 17.2. The van der Waals surface area contributed by atoms with Gasteiger partial charge in [0.1, 0.15) is 0 Å². The van der Waals surface area contributed by atoms with Gasteiger partial charge >= 0.3 is 5.97 Å². The Morgan fingerprint density at radius 2 is 1.77 bits per heavy atom. The normalized spacial score (nSPS) is 43.1. The van der Waals surface area contributed by atoms with Gasteiger partial charge in [0.2, 0.25) is 0 Å². The van der Waals surface area contributed by atoms with Crippen LogP contribution in [0.25, 0.3) is 0 Å². The average molecular weight is 471 g/mol. The Balaban J connectivity index is 1.29. The predicted molar refractivity (Wildman–Crippen MR) is 128 cm³/mol. The number of allylic oxidation sites excluding steroid dienone is 2. The highest BCUT2D eigenvalue weighted by molar-refractivity contribution is 5.74. The smallest absolute Gasteiger partial charge is 0.310 e. The monoisotopic (exact) mass is 470 g/mol. The van der Waals surface area contributed by atoms with Crippen molar-refractivity contribution in [1.29, 1.82) is 0 Å². The van der Waals surface area contributed by atoms with Crippen molar-refractivity contribution in [3.8, 4) is 0 Å². The maximum atomic E-state index is 13.6. The molecular formula is C30H30O5. The third-order valence-electron chi connectivity index (χ3n) is 9.91. The lowest BCUT2D eigenvalue weighted by atomic mass is 9.44. The van der Waals surface area contributed by atoms with E-state index in [4.69, 9.17) is 18.9 Å². The van der Waals surface area contributed by atoms with E-state index < -0.39 is 17.8 Å². The van der Waals surface area contributed by atoms with E-state index in [9.17, 15) is 4.79 Å². The fraction of sp³-hybridized carbons (Fsp3) is 0.500. The van der Waals surface area contributed by atoms with Gasteiger partial charge in [-0.1, -0.05) is 60.7 Å². The highest BCUT2D eigenvalue weighted by atomic mass is 16.7. The molecule has 7 aliphatic rings. The van der Waals surface area contributed by atoms with Gasteiger partial charge in [-0.15, -0.1) is 0 Å². The van der Waals surface area contributed by atoms with Gasteiger partial charge in [0.05, 0.1) is 30.7 Å². The van der Waals surface area contributed by atoms with E-state index in [2.05, 4.69) is 60.7 Å². The summed E-state index contributed by atoms with van der Waals surface area (Å²) in [4.78, 5) is 13.6. The molecule has 0 unspecified atom stereocenters. The Kier molecular flexibility index (Phi) is 4.31. The summed E-state index contributed by atoms with van der Waals surface area (Å²) in [7, 11) is 1.78. The number of rotatable bonds is 4. The molecule has 0 aromatic heterocycles. The molecule has 35 heavy (non-hydrogen) atoms. The van der Waals surface area contributed by atoms with Crippen LogP contribution < -0.4 is 0 Å². The van der Waals surface area contributed by atoms with E-state index in [0.29, 0.717) is 25.0 Å². The number of carbonyl (C=O) groups is 1. The molecule has 2 heterocycles. The number of benzene rings is 2. The van der Waals surface area contributed by atoms with Gasteiger partial charge in [-0.05, 0) is 46.9 Å². The quantitative estimate of drug-likeness (QED) is 0.496. The summed E-state index contributed by atoms with van der Waals surface area (Å²) >= 11 is 0. The third-order valence-corrected chi connectivity index (χ3v) is 9.91. The van der Waals surface area contributed by atoms with Gasteiger partial charge in [0, 0.05) is 24.9 Å². The zero-order chi connectivity index (χ0) is 23.3. The number of methoxy groups -OCH3 is 1. The minimum absolute atomic E-state index is 0.0201. The molecule has 1 saturated carbocycles. The molecule has 3 fully saturated rings. The first-order valence-corrected chi connectivity index (χ1v) is 13.0. The SMILES string of the molecule is COCC12c3ccccc3C(c3ccccc31)[C@H]1[C@@H]2[C@H](OC(=O)[C@@H]2C[C@@H]3C=C[C@H]2C3)[C@@H]2OC[C@H]1O2. The van der Waals surface area contributed by atoms with Gasteiger partial charge in [0.15, 0.2) is 12.4 Å². The van der Waals surface area contributed by atoms with Crippen LogP contribution in [0.1, 0.15) is 41.0 Å². The molecular weight excluding hydrogens is 440 g/mol. The van der Waals surface area contributed by atoms with Crippen molar-refractivity contribution in [3.05, 3.63) is 82.9 Å². The Morgan fingerprint density at radius 3 is 2.43 bits per heavy atom. The van der Waals surface area contributed by atoms with Crippen molar-refractivity contribution in [2.24, 2.45) is 29.6 Å². The Hall–Kier alpha value is -2.47. The van der Waals surface area contributed by atoms with Crippen LogP contribution in [0.5, 0.6) is 0 Å². The molecule has 0 N–H and O–H groups in total. The third kappa shape index (κ3) is 2.57. The molecule has 5 nitrogen and oxygen atoms in total. The second-order valence-electron chi connectivity index (χ2n) is 11.3. The maximum absolute atomic E-state index is 13.6.